The topological polar surface area (TPSA) is 210 Å². The zero-order valence-electron chi connectivity index (χ0n) is 32.5. The first-order chi connectivity index (χ1) is 26.9. The van der Waals surface area contributed by atoms with Crippen LogP contribution in [0.3, 0.4) is 0 Å². The van der Waals surface area contributed by atoms with Crippen LogP contribution in [0.4, 0.5) is 8.78 Å². The SMILES string of the molecule is CC(=O)N(CCC(N)C(=O)NCCC(=O)NCCN1C(=O)CC(SC[C@H](N)C(=O)O)C1=O)C(c1cc(-c2cc(F)ccc2F)cn1Cc1ccccc1)C(C)(C)C. The molecule has 1 saturated heterocycles. The lowest BCUT2D eigenvalue weighted by Crippen LogP contribution is -2.46. The number of carbonyl (C=O) groups is 6. The van der Waals surface area contributed by atoms with E-state index in [1.165, 1.54) is 6.92 Å². The normalized spacial score (nSPS) is 15.9. The lowest BCUT2D eigenvalue weighted by Gasteiger charge is -2.41. The highest BCUT2D eigenvalue weighted by Crippen LogP contribution is 2.41. The van der Waals surface area contributed by atoms with E-state index in [4.69, 9.17) is 16.6 Å². The van der Waals surface area contributed by atoms with Crippen LogP contribution >= 0.6 is 11.8 Å². The third kappa shape index (κ3) is 12.2. The molecule has 3 aromatic rings. The van der Waals surface area contributed by atoms with Gasteiger partial charge in [-0.15, -0.1) is 11.8 Å². The summed E-state index contributed by atoms with van der Waals surface area (Å²) < 4.78 is 31.2. The Morgan fingerprint density at radius 1 is 1.00 bits per heavy atom. The molecule has 57 heavy (non-hydrogen) atoms. The predicted octanol–water partition coefficient (Wildman–Crippen LogP) is 3.03. The highest BCUT2D eigenvalue weighted by Gasteiger charge is 2.39. The molecule has 4 atom stereocenters. The van der Waals surface area contributed by atoms with E-state index in [0.29, 0.717) is 17.8 Å². The van der Waals surface area contributed by atoms with E-state index in [1.807, 2.05) is 55.7 Å². The van der Waals surface area contributed by atoms with Crippen LogP contribution in [-0.2, 0) is 35.3 Å². The molecule has 1 aliphatic heterocycles. The van der Waals surface area contributed by atoms with Crippen molar-refractivity contribution >= 4 is 47.3 Å². The lowest BCUT2D eigenvalue weighted by molar-refractivity contribution is -0.139. The number of halogens is 2. The molecule has 1 aliphatic rings. The molecule has 3 unspecified atom stereocenters. The number of amides is 5. The van der Waals surface area contributed by atoms with Crippen LogP contribution in [0.15, 0.2) is 60.8 Å². The number of hydrogen-bond donors (Lipinski definition) is 5. The maximum Gasteiger partial charge on any atom is 0.321 e. The highest BCUT2D eigenvalue weighted by molar-refractivity contribution is 8.00. The van der Waals surface area contributed by atoms with Gasteiger partial charge in [-0.05, 0) is 41.7 Å². The number of carbonyl (C=O) groups excluding carboxylic acids is 5. The lowest BCUT2D eigenvalue weighted by atomic mass is 9.82. The standard InChI is InChI=1S/C40H51F2N7O7S/c1-24(50)48(36(40(2,3)4)32-18-26(28-19-27(41)10-11-29(28)42)22-47(32)21-25-8-6-5-7-9-25)16-13-30(43)37(53)46-14-12-34(51)45-15-17-49-35(52)20-33(38(49)54)57-23-31(44)39(55)56/h5-11,18-19,22,30-31,33,36H,12-17,20-21,23,43-44H2,1-4H3,(H,45,51)(H,46,53)(H,55,56)/t30?,31-,33?,36?/m0/s1. The fourth-order valence-electron chi connectivity index (χ4n) is 6.62. The van der Waals surface area contributed by atoms with Gasteiger partial charge in [0.15, 0.2) is 0 Å². The summed E-state index contributed by atoms with van der Waals surface area (Å²) in [4.78, 5) is 77.3. The third-order valence-corrected chi connectivity index (χ3v) is 10.8. The van der Waals surface area contributed by atoms with E-state index in [9.17, 15) is 33.2 Å². The van der Waals surface area contributed by atoms with Gasteiger partial charge in [0.25, 0.3) is 0 Å². The molecule has 2 heterocycles. The summed E-state index contributed by atoms with van der Waals surface area (Å²) in [7, 11) is 0. The minimum atomic E-state index is -1.21. The summed E-state index contributed by atoms with van der Waals surface area (Å²) in [5.41, 5.74) is 13.4. The number of rotatable bonds is 19. The van der Waals surface area contributed by atoms with Gasteiger partial charge < -0.3 is 36.7 Å². The maximum atomic E-state index is 15.0. The quantitative estimate of drug-likeness (QED) is 0.112. The van der Waals surface area contributed by atoms with Gasteiger partial charge in [0.2, 0.25) is 29.5 Å². The highest BCUT2D eigenvalue weighted by atomic mass is 32.2. The van der Waals surface area contributed by atoms with Crippen LogP contribution in [0, 0.1) is 17.0 Å². The summed E-state index contributed by atoms with van der Waals surface area (Å²) in [6.45, 7) is 7.67. The monoisotopic (exact) mass is 811 g/mol. The molecule has 2 aromatic carbocycles. The molecule has 17 heteroatoms. The van der Waals surface area contributed by atoms with Crippen molar-refractivity contribution in [1.82, 2.24) is 25.0 Å². The van der Waals surface area contributed by atoms with E-state index in [1.54, 1.807) is 17.2 Å². The number of imide groups is 1. The third-order valence-electron chi connectivity index (χ3n) is 9.51. The molecule has 4 rings (SSSR count). The molecule has 308 valence electrons. The van der Waals surface area contributed by atoms with Crippen molar-refractivity contribution in [2.75, 3.05) is 31.9 Å². The first-order valence-corrected chi connectivity index (χ1v) is 19.6. The van der Waals surface area contributed by atoms with Crippen molar-refractivity contribution in [2.45, 2.75) is 76.9 Å². The number of nitrogens with two attached hydrogens (primary N) is 2. The zero-order valence-corrected chi connectivity index (χ0v) is 33.3. The number of likely N-dealkylation sites (tertiary alicyclic amines) is 1. The van der Waals surface area contributed by atoms with Crippen LogP contribution in [0.2, 0.25) is 0 Å². The van der Waals surface area contributed by atoms with Crippen LogP contribution in [0.25, 0.3) is 11.1 Å². The molecule has 0 aliphatic carbocycles. The Labute approximate surface area is 334 Å². The molecule has 0 saturated carbocycles. The van der Waals surface area contributed by atoms with Crippen molar-refractivity contribution in [2.24, 2.45) is 16.9 Å². The Hall–Kier alpha value is -5.13. The number of carboxylic acid groups (broad SMARTS) is 1. The molecule has 0 spiro atoms. The van der Waals surface area contributed by atoms with Crippen molar-refractivity contribution in [3.8, 4) is 11.1 Å². The van der Waals surface area contributed by atoms with Gasteiger partial charge in [0, 0.05) is 81.3 Å². The summed E-state index contributed by atoms with van der Waals surface area (Å²) >= 11 is 1.00. The fraction of sp³-hybridized carbons (Fsp3) is 0.450. The van der Waals surface area contributed by atoms with Crippen LogP contribution in [-0.4, -0.2) is 104 Å². The van der Waals surface area contributed by atoms with Gasteiger partial charge in [0.1, 0.15) is 17.7 Å². The molecule has 1 aromatic heterocycles. The number of aliphatic carboxylic acids is 1. The van der Waals surface area contributed by atoms with Crippen molar-refractivity contribution in [3.05, 3.63) is 83.7 Å². The van der Waals surface area contributed by atoms with Crippen molar-refractivity contribution in [1.29, 1.82) is 0 Å². The Balaban J connectivity index is 1.35. The first-order valence-electron chi connectivity index (χ1n) is 18.6. The summed E-state index contributed by atoms with van der Waals surface area (Å²) in [5.74, 6) is -4.57. The first kappa shape index (κ1) is 44.6. The van der Waals surface area contributed by atoms with E-state index < -0.39 is 70.0 Å². The van der Waals surface area contributed by atoms with Crippen LogP contribution < -0.4 is 22.1 Å². The van der Waals surface area contributed by atoms with Gasteiger partial charge in [-0.2, -0.15) is 0 Å². The molecule has 7 N–H and O–H groups in total. The average molecular weight is 812 g/mol. The summed E-state index contributed by atoms with van der Waals surface area (Å²) in [5, 5.41) is 13.4. The van der Waals surface area contributed by atoms with E-state index in [2.05, 4.69) is 10.6 Å². The Morgan fingerprint density at radius 2 is 1.70 bits per heavy atom. The van der Waals surface area contributed by atoms with Crippen molar-refractivity contribution in [3.63, 3.8) is 0 Å². The smallest absolute Gasteiger partial charge is 0.321 e. The van der Waals surface area contributed by atoms with Gasteiger partial charge in [-0.3, -0.25) is 33.7 Å². The predicted molar refractivity (Wildman–Crippen MR) is 211 cm³/mol. The second kappa shape index (κ2) is 19.8. The van der Waals surface area contributed by atoms with Gasteiger partial charge >= 0.3 is 5.97 Å². The zero-order chi connectivity index (χ0) is 42.0. The van der Waals surface area contributed by atoms with Crippen molar-refractivity contribution < 1.29 is 42.7 Å². The average Bonchev–Trinajstić information content (AvgIpc) is 3.67. The maximum absolute atomic E-state index is 15.0. The van der Waals surface area contributed by atoms with E-state index >= 15 is 4.39 Å². The van der Waals surface area contributed by atoms with Gasteiger partial charge in [0.05, 0.1) is 17.3 Å². The minimum absolute atomic E-state index is 0.0149. The molecular weight excluding hydrogens is 761 g/mol. The minimum Gasteiger partial charge on any atom is -0.480 e. The van der Waals surface area contributed by atoms with Crippen LogP contribution in [0.5, 0.6) is 0 Å². The summed E-state index contributed by atoms with van der Waals surface area (Å²) in [6.07, 6.45) is 1.63. The number of thioether (sulfide) groups is 1. The molecule has 0 bridgehead atoms. The Kier molecular flexibility index (Phi) is 15.5. The fourth-order valence-corrected chi connectivity index (χ4v) is 7.74. The Bertz CT molecular complexity index is 1940. The molecule has 14 nitrogen and oxygen atoms in total. The Morgan fingerprint density at radius 3 is 2.35 bits per heavy atom. The summed E-state index contributed by atoms with van der Waals surface area (Å²) in [6, 6.07) is 11.8. The number of nitrogens with zero attached hydrogens (tertiary/aromatic N) is 3. The molecule has 5 amide bonds. The molecular formula is C40H51F2N7O7S. The molecule has 1 fully saturated rings. The number of aromatic nitrogens is 1. The number of benzene rings is 2. The van der Waals surface area contributed by atoms with E-state index in [-0.39, 0.29) is 62.7 Å². The largest absolute Gasteiger partial charge is 0.480 e. The van der Waals surface area contributed by atoms with Gasteiger partial charge in [-0.1, -0.05) is 51.1 Å². The second-order valence-electron chi connectivity index (χ2n) is 15.0. The second-order valence-corrected chi connectivity index (χ2v) is 16.2. The van der Waals surface area contributed by atoms with Gasteiger partial charge in [-0.25, -0.2) is 8.78 Å². The number of carboxylic acids is 1. The number of hydrogen-bond acceptors (Lipinski definition) is 9. The number of nitrogens with one attached hydrogen (secondary N) is 2. The van der Waals surface area contributed by atoms with E-state index in [0.717, 1.165) is 40.4 Å². The van der Waals surface area contributed by atoms with Crippen LogP contribution in [0.1, 0.15) is 64.3 Å². The molecule has 0 radical (unpaired) electrons.